The summed E-state index contributed by atoms with van der Waals surface area (Å²) in [4.78, 5) is 13.7. The Bertz CT molecular complexity index is 687. The molecule has 4 saturated carbocycles. The van der Waals surface area contributed by atoms with Crippen molar-refractivity contribution in [2.45, 2.75) is 44.9 Å². The second kappa shape index (κ2) is 5.00. The molecule has 0 radical (unpaired) electrons. The molecule has 23 heavy (non-hydrogen) atoms. The van der Waals surface area contributed by atoms with Crippen LogP contribution in [0.25, 0.3) is 4.96 Å². The fourth-order valence-electron chi connectivity index (χ4n) is 5.56. The lowest BCUT2D eigenvalue weighted by Gasteiger charge is -2.55. The third-order valence-corrected chi connectivity index (χ3v) is 7.05. The van der Waals surface area contributed by atoms with Gasteiger partial charge in [0.25, 0.3) is 0 Å². The van der Waals surface area contributed by atoms with E-state index in [-0.39, 0.29) is 5.41 Å². The van der Waals surface area contributed by atoms with Gasteiger partial charge < -0.3 is 5.32 Å². The smallest absolute Gasteiger partial charge is 0.234 e. The summed E-state index contributed by atoms with van der Waals surface area (Å²) in [5.74, 6) is 2.74. The van der Waals surface area contributed by atoms with E-state index < -0.39 is 0 Å². The van der Waals surface area contributed by atoms with Crippen LogP contribution in [0.4, 0.5) is 0 Å². The molecule has 4 aliphatic rings. The molecular weight excluding hydrogens is 310 g/mol. The Kier molecular flexibility index (Phi) is 3.02. The maximum atomic E-state index is 12.9. The van der Waals surface area contributed by atoms with Gasteiger partial charge in [-0.3, -0.25) is 4.79 Å². The van der Waals surface area contributed by atoms with Crippen molar-refractivity contribution in [1.29, 1.82) is 0 Å². The second-order valence-electron chi connectivity index (χ2n) is 7.76. The standard InChI is InChI=1S/C16H21N5OS/c22-14(16-6-10-3-11(7-16)5-12(4-10)8-16)17-2-1-13-20-21-9-18-19-15(21)23-13/h9-12H,1-8H2,(H,17,22). The van der Waals surface area contributed by atoms with Crippen LogP contribution in [0.15, 0.2) is 6.33 Å². The molecule has 2 heterocycles. The molecule has 2 aromatic heterocycles. The molecule has 1 amide bonds. The summed E-state index contributed by atoms with van der Waals surface area (Å²) in [6.45, 7) is 0.671. The summed E-state index contributed by atoms with van der Waals surface area (Å²) < 4.78 is 1.70. The summed E-state index contributed by atoms with van der Waals surface area (Å²) in [5, 5.41) is 16.4. The van der Waals surface area contributed by atoms with Gasteiger partial charge in [-0.2, -0.15) is 9.61 Å². The van der Waals surface area contributed by atoms with Crippen molar-refractivity contribution < 1.29 is 4.79 Å². The molecule has 0 atom stereocenters. The lowest BCUT2D eigenvalue weighted by atomic mass is 9.49. The molecule has 4 aliphatic carbocycles. The molecule has 0 unspecified atom stereocenters. The van der Waals surface area contributed by atoms with Gasteiger partial charge in [0.1, 0.15) is 11.3 Å². The predicted molar refractivity (Wildman–Crippen MR) is 86.0 cm³/mol. The zero-order chi connectivity index (χ0) is 15.4. The summed E-state index contributed by atoms with van der Waals surface area (Å²) in [6, 6.07) is 0. The Morgan fingerprint density at radius 1 is 1.26 bits per heavy atom. The quantitative estimate of drug-likeness (QED) is 0.931. The minimum Gasteiger partial charge on any atom is -0.355 e. The molecule has 6 nitrogen and oxygen atoms in total. The van der Waals surface area contributed by atoms with E-state index in [0.29, 0.717) is 12.5 Å². The summed E-state index contributed by atoms with van der Waals surface area (Å²) in [6.07, 6.45) is 9.89. The van der Waals surface area contributed by atoms with E-state index in [0.717, 1.165) is 53.4 Å². The van der Waals surface area contributed by atoms with Crippen LogP contribution in [-0.2, 0) is 11.2 Å². The van der Waals surface area contributed by atoms with E-state index in [1.807, 2.05) is 0 Å². The highest BCUT2D eigenvalue weighted by molar-refractivity contribution is 7.16. The third-order valence-electron chi connectivity index (χ3n) is 6.07. The molecule has 0 aliphatic heterocycles. The van der Waals surface area contributed by atoms with Crippen LogP contribution < -0.4 is 5.32 Å². The molecule has 2 aromatic rings. The third kappa shape index (κ3) is 2.28. The molecular formula is C16H21N5OS. The largest absolute Gasteiger partial charge is 0.355 e. The zero-order valence-electron chi connectivity index (χ0n) is 13.1. The van der Waals surface area contributed by atoms with Crippen LogP contribution in [0.3, 0.4) is 0 Å². The molecule has 4 fully saturated rings. The van der Waals surface area contributed by atoms with Gasteiger partial charge in [0.15, 0.2) is 0 Å². The normalized spacial score (nSPS) is 35.0. The fraction of sp³-hybridized carbons (Fsp3) is 0.750. The van der Waals surface area contributed by atoms with E-state index in [9.17, 15) is 4.79 Å². The maximum absolute atomic E-state index is 12.9. The first-order valence-corrected chi connectivity index (χ1v) is 9.46. The summed E-state index contributed by atoms with van der Waals surface area (Å²) in [7, 11) is 0. The van der Waals surface area contributed by atoms with Gasteiger partial charge in [-0.1, -0.05) is 11.3 Å². The van der Waals surface area contributed by atoms with Crippen LogP contribution >= 0.6 is 11.3 Å². The van der Waals surface area contributed by atoms with Crippen LogP contribution in [0.2, 0.25) is 0 Å². The van der Waals surface area contributed by atoms with Gasteiger partial charge in [-0.05, 0) is 56.3 Å². The number of aromatic nitrogens is 4. The maximum Gasteiger partial charge on any atom is 0.234 e. The van der Waals surface area contributed by atoms with Gasteiger partial charge in [-0.25, -0.2) is 0 Å². The first kappa shape index (κ1) is 13.9. The molecule has 0 spiro atoms. The average Bonchev–Trinajstić information content (AvgIpc) is 3.06. The minimum absolute atomic E-state index is 0.0455. The first-order valence-electron chi connectivity index (χ1n) is 8.64. The van der Waals surface area contributed by atoms with Crippen molar-refractivity contribution >= 4 is 22.2 Å². The molecule has 0 saturated heterocycles. The monoisotopic (exact) mass is 331 g/mol. The van der Waals surface area contributed by atoms with E-state index in [1.54, 1.807) is 22.2 Å². The second-order valence-corrected chi connectivity index (χ2v) is 8.80. The Labute approximate surface area is 138 Å². The van der Waals surface area contributed by atoms with Gasteiger partial charge >= 0.3 is 0 Å². The van der Waals surface area contributed by atoms with Crippen molar-refractivity contribution in [3.05, 3.63) is 11.3 Å². The fourth-order valence-corrected chi connectivity index (χ4v) is 6.37. The van der Waals surface area contributed by atoms with Gasteiger partial charge in [0, 0.05) is 18.4 Å². The molecule has 4 bridgehead atoms. The van der Waals surface area contributed by atoms with Crippen molar-refractivity contribution in [3.63, 3.8) is 0 Å². The van der Waals surface area contributed by atoms with E-state index in [1.165, 1.54) is 19.3 Å². The van der Waals surface area contributed by atoms with E-state index in [2.05, 4.69) is 20.6 Å². The summed E-state index contributed by atoms with van der Waals surface area (Å²) in [5.41, 5.74) is -0.0455. The van der Waals surface area contributed by atoms with Crippen molar-refractivity contribution in [2.75, 3.05) is 6.54 Å². The highest BCUT2D eigenvalue weighted by Gasteiger charge is 2.54. The number of carbonyl (C=O) groups excluding carboxylic acids is 1. The number of amides is 1. The Balaban J connectivity index is 1.22. The van der Waals surface area contributed by atoms with Crippen LogP contribution in [0.5, 0.6) is 0 Å². The number of rotatable bonds is 4. The molecule has 0 aromatic carbocycles. The Morgan fingerprint density at radius 2 is 1.96 bits per heavy atom. The molecule has 7 heteroatoms. The zero-order valence-corrected chi connectivity index (χ0v) is 13.9. The number of nitrogens with zero attached hydrogens (tertiary/aromatic N) is 4. The van der Waals surface area contributed by atoms with Crippen LogP contribution in [0, 0.1) is 23.2 Å². The number of carbonyl (C=O) groups is 1. The van der Waals surface area contributed by atoms with Gasteiger partial charge in [0.05, 0.1) is 0 Å². The number of hydrogen-bond donors (Lipinski definition) is 1. The highest BCUT2D eigenvalue weighted by Crippen LogP contribution is 2.60. The molecule has 6 rings (SSSR count). The van der Waals surface area contributed by atoms with Crippen LogP contribution in [0.1, 0.15) is 43.5 Å². The number of fused-ring (bicyclic) bond motifs is 1. The number of hydrogen-bond acceptors (Lipinski definition) is 5. The lowest BCUT2D eigenvalue weighted by Crippen LogP contribution is -2.53. The SMILES string of the molecule is O=C(NCCc1nn2cnnc2s1)C12CC3CC(CC(C3)C1)C2. The molecule has 1 N–H and O–H groups in total. The van der Waals surface area contributed by atoms with Crippen LogP contribution in [-0.4, -0.2) is 32.3 Å². The Hall–Kier alpha value is -1.50. The lowest BCUT2D eigenvalue weighted by molar-refractivity contribution is -0.146. The Morgan fingerprint density at radius 3 is 2.61 bits per heavy atom. The van der Waals surface area contributed by atoms with Crippen molar-refractivity contribution in [2.24, 2.45) is 23.2 Å². The predicted octanol–water partition coefficient (Wildman–Crippen LogP) is 2.06. The van der Waals surface area contributed by atoms with E-state index >= 15 is 0 Å². The topological polar surface area (TPSA) is 72.2 Å². The van der Waals surface area contributed by atoms with Crippen molar-refractivity contribution in [1.82, 2.24) is 25.1 Å². The highest BCUT2D eigenvalue weighted by atomic mass is 32.1. The van der Waals surface area contributed by atoms with E-state index in [4.69, 9.17) is 0 Å². The molecule has 122 valence electrons. The van der Waals surface area contributed by atoms with Gasteiger partial charge in [0.2, 0.25) is 10.9 Å². The first-order chi connectivity index (χ1) is 11.2. The average molecular weight is 331 g/mol. The summed E-state index contributed by atoms with van der Waals surface area (Å²) >= 11 is 1.54. The minimum atomic E-state index is -0.0455. The number of nitrogens with one attached hydrogen (secondary N) is 1. The van der Waals surface area contributed by atoms with Gasteiger partial charge in [-0.15, -0.1) is 10.2 Å². The van der Waals surface area contributed by atoms with Crippen molar-refractivity contribution in [3.8, 4) is 0 Å².